The van der Waals surface area contributed by atoms with E-state index in [9.17, 15) is 4.79 Å². The van der Waals surface area contributed by atoms with Gasteiger partial charge >= 0.3 is 0 Å². The molecule has 0 radical (unpaired) electrons. The van der Waals surface area contributed by atoms with Gasteiger partial charge in [-0.15, -0.1) is 6.42 Å². The van der Waals surface area contributed by atoms with Gasteiger partial charge in [-0.25, -0.2) is 12.2 Å². The zero-order chi connectivity index (χ0) is 7.11. The predicted molar refractivity (Wildman–Crippen MR) is 37.9 cm³/mol. The Morgan fingerprint density at radius 3 is 2.10 bits per heavy atom. The Morgan fingerprint density at radius 1 is 1.50 bits per heavy atom. The Kier molecular flexibility index (Phi) is 11.1. The van der Waals surface area contributed by atoms with Gasteiger partial charge in [0, 0.05) is 21.7 Å². The average Bonchev–Trinajstić information content (AvgIpc) is 2.11. The van der Waals surface area contributed by atoms with E-state index in [4.69, 9.17) is 0 Å². The topological polar surface area (TPSA) is 17.1 Å². The SMILES string of the molecule is CC(C)=O.[C-]1=CC=CC1.[Ti]. The summed E-state index contributed by atoms with van der Waals surface area (Å²) >= 11 is 0. The summed E-state index contributed by atoms with van der Waals surface area (Å²) in [5, 5.41) is 0. The molecule has 54 valence electrons. The van der Waals surface area contributed by atoms with E-state index in [1.165, 1.54) is 13.8 Å². The summed E-state index contributed by atoms with van der Waals surface area (Å²) < 4.78 is 0. The van der Waals surface area contributed by atoms with Crippen LogP contribution in [0.5, 0.6) is 0 Å². The van der Waals surface area contributed by atoms with Gasteiger partial charge in [0.1, 0.15) is 5.78 Å². The quantitative estimate of drug-likeness (QED) is 0.401. The fraction of sp³-hybridized carbons (Fsp3) is 0.375. The van der Waals surface area contributed by atoms with E-state index in [1.807, 2.05) is 12.2 Å². The van der Waals surface area contributed by atoms with Crippen molar-refractivity contribution in [2.75, 3.05) is 0 Å². The van der Waals surface area contributed by atoms with Crippen molar-refractivity contribution in [3.63, 3.8) is 0 Å². The van der Waals surface area contributed by atoms with Crippen molar-refractivity contribution in [3.8, 4) is 0 Å². The minimum absolute atomic E-state index is 0. The van der Waals surface area contributed by atoms with Crippen molar-refractivity contribution >= 4 is 5.78 Å². The third kappa shape index (κ3) is 15.7. The predicted octanol–water partition coefficient (Wildman–Crippen LogP) is 1.90. The van der Waals surface area contributed by atoms with Gasteiger partial charge in [0.2, 0.25) is 0 Å². The molecule has 2 heteroatoms. The van der Waals surface area contributed by atoms with Crippen molar-refractivity contribution in [1.29, 1.82) is 0 Å². The summed E-state index contributed by atoms with van der Waals surface area (Å²) in [6, 6.07) is 0. The maximum atomic E-state index is 9.44. The fourth-order valence-corrected chi connectivity index (χ4v) is 0.340. The standard InChI is InChI=1S/C5H5.C3H6O.Ti/c1-2-4-5-3-1;1-3(2)4;/h1-3H,4H2;1-2H3;/q-1;;. The molecule has 0 aromatic carbocycles. The molecule has 0 spiro atoms. The van der Waals surface area contributed by atoms with E-state index >= 15 is 0 Å². The van der Waals surface area contributed by atoms with Crippen LogP contribution >= 0.6 is 0 Å². The number of hydrogen-bond acceptors (Lipinski definition) is 1. The molecule has 0 saturated carbocycles. The first-order chi connectivity index (χ1) is 4.23. The Morgan fingerprint density at radius 2 is 2.00 bits per heavy atom. The van der Waals surface area contributed by atoms with Gasteiger partial charge < -0.3 is 4.79 Å². The van der Waals surface area contributed by atoms with Gasteiger partial charge in [-0.05, 0) is 13.8 Å². The van der Waals surface area contributed by atoms with Crippen LogP contribution in [0.3, 0.4) is 0 Å². The van der Waals surface area contributed by atoms with E-state index < -0.39 is 0 Å². The van der Waals surface area contributed by atoms with Gasteiger partial charge in [0.25, 0.3) is 0 Å². The molecule has 1 aliphatic carbocycles. The summed E-state index contributed by atoms with van der Waals surface area (Å²) in [6.07, 6.45) is 10.0. The number of Topliss-reactive ketones (excluding diaryl/α,β-unsaturated/α-hetero) is 1. The molecule has 0 bridgehead atoms. The van der Waals surface area contributed by atoms with Crippen molar-refractivity contribution in [2.24, 2.45) is 0 Å². The van der Waals surface area contributed by atoms with E-state index in [-0.39, 0.29) is 27.5 Å². The molecule has 10 heavy (non-hydrogen) atoms. The molecule has 0 atom stereocenters. The third-order valence-corrected chi connectivity index (χ3v) is 0.586. The van der Waals surface area contributed by atoms with Gasteiger partial charge in [-0.3, -0.25) is 6.08 Å². The van der Waals surface area contributed by atoms with Crippen LogP contribution in [0.1, 0.15) is 20.3 Å². The molecular formula is C8H11OTi-. The van der Waals surface area contributed by atoms with E-state index in [2.05, 4.69) is 12.2 Å². The van der Waals surface area contributed by atoms with E-state index in [0.29, 0.717) is 0 Å². The molecule has 1 rings (SSSR count). The number of carbonyl (C=O) groups is 1. The molecule has 0 aromatic rings. The van der Waals surface area contributed by atoms with Crippen LogP contribution in [0, 0.1) is 6.08 Å². The van der Waals surface area contributed by atoms with Crippen LogP contribution in [-0.2, 0) is 26.5 Å². The van der Waals surface area contributed by atoms with Crippen LogP contribution in [-0.4, -0.2) is 5.78 Å². The number of ketones is 1. The van der Waals surface area contributed by atoms with E-state index in [1.54, 1.807) is 0 Å². The van der Waals surface area contributed by atoms with Crippen molar-refractivity contribution in [1.82, 2.24) is 0 Å². The molecule has 0 fully saturated rings. The van der Waals surface area contributed by atoms with Crippen LogP contribution in [0.15, 0.2) is 18.2 Å². The zero-order valence-electron chi connectivity index (χ0n) is 6.35. The molecule has 0 aliphatic heterocycles. The monoisotopic (exact) mass is 171 g/mol. The van der Waals surface area contributed by atoms with Crippen LogP contribution in [0.4, 0.5) is 0 Å². The molecule has 0 saturated heterocycles. The van der Waals surface area contributed by atoms with Crippen LogP contribution in [0.2, 0.25) is 0 Å². The smallest absolute Gasteiger partial charge is 0.126 e. The minimum atomic E-state index is 0. The second-order valence-electron chi connectivity index (χ2n) is 1.91. The Labute approximate surface area is 77.1 Å². The zero-order valence-corrected chi connectivity index (χ0v) is 7.91. The number of allylic oxidation sites excluding steroid dienone is 4. The van der Waals surface area contributed by atoms with Crippen molar-refractivity contribution in [2.45, 2.75) is 20.3 Å². The van der Waals surface area contributed by atoms with Crippen molar-refractivity contribution in [3.05, 3.63) is 24.3 Å². The molecular weight excluding hydrogens is 160 g/mol. The Balaban J connectivity index is 0. The fourth-order valence-electron chi connectivity index (χ4n) is 0.340. The summed E-state index contributed by atoms with van der Waals surface area (Å²) in [5.74, 6) is 0.167. The molecule has 0 heterocycles. The molecule has 0 N–H and O–H groups in total. The molecule has 0 unspecified atom stereocenters. The summed E-state index contributed by atoms with van der Waals surface area (Å²) in [7, 11) is 0. The Bertz CT molecular complexity index is 122. The molecule has 1 aliphatic rings. The maximum absolute atomic E-state index is 9.44. The van der Waals surface area contributed by atoms with Gasteiger partial charge in [-0.1, -0.05) is 0 Å². The molecule has 1 nitrogen and oxygen atoms in total. The second kappa shape index (κ2) is 8.86. The first-order valence-corrected chi connectivity index (χ1v) is 2.92. The average molecular weight is 171 g/mol. The number of hydrogen-bond donors (Lipinski definition) is 0. The first kappa shape index (κ1) is 12.5. The maximum Gasteiger partial charge on any atom is 0.126 e. The minimum Gasteiger partial charge on any atom is -0.300 e. The second-order valence-corrected chi connectivity index (χ2v) is 1.91. The summed E-state index contributed by atoms with van der Waals surface area (Å²) in [5.41, 5.74) is 0. The first-order valence-electron chi connectivity index (χ1n) is 2.92. The van der Waals surface area contributed by atoms with Crippen LogP contribution < -0.4 is 0 Å². The molecule has 0 amide bonds. The van der Waals surface area contributed by atoms with Gasteiger partial charge in [0.05, 0.1) is 0 Å². The van der Waals surface area contributed by atoms with Gasteiger partial charge in [0.15, 0.2) is 0 Å². The van der Waals surface area contributed by atoms with Crippen LogP contribution in [0.25, 0.3) is 0 Å². The third-order valence-electron chi connectivity index (χ3n) is 0.586. The van der Waals surface area contributed by atoms with Crippen molar-refractivity contribution < 1.29 is 26.5 Å². The molecule has 0 aromatic heterocycles. The largest absolute Gasteiger partial charge is 0.300 e. The number of carbonyl (C=O) groups excluding carboxylic acids is 1. The normalized spacial score (nSPS) is 11.4. The van der Waals surface area contributed by atoms with E-state index in [0.717, 1.165) is 6.42 Å². The summed E-state index contributed by atoms with van der Waals surface area (Å²) in [4.78, 5) is 9.44. The van der Waals surface area contributed by atoms with Gasteiger partial charge in [-0.2, -0.15) is 6.08 Å². The number of rotatable bonds is 0. The Hall–Kier alpha value is -0.136. The summed E-state index contributed by atoms with van der Waals surface area (Å²) in [6.45, 7) is 3.06.